The first-order valence-electron chi connectivity index (χ1n) is 7.36. The van der Waals surface area contributed by atoms with Crippen molar-refractivity contribution in [3.8, 4) is 0 Å². The number of sulfonamides is 1. The van der Waals surface area contributed by atoms with Gasteiger partial charge in [-0.25, -0.2) is 21.5 Å². The van der Waals surface area contributed by atoms with Crippen molar-refractivity contribution in [2.75, 3.05) is 45.5 Å². The van der Waals surface area contributed by atoms with E-state index in [-0.39, 0.29) is 18.6 Å². The normalized spacial score (nSPS) is 22.6. The third-order valence-electron chi connectivity index (χ3n) is 3.91. The lowest BCUT2D eigenvalue weighted by Crippen LogP contribution is -2.59. The molecule has 5 nitrogen and oxygen atoms in total. The van der Waals surface area contributed by atoms with Crippen LogP contribution >= 0.6 is 0 Å². The summed E-state index contributed by atoms with van der Waals surface area (Å²) >= 11 is 0. The molecule has 21 heavy (non-hydrogen) atoms. The van der Waals surface area contributed by atoms with Gasteiger partial charge in [-0.3, -0.25) is 9.80 Å². The Hall–Kier alpha value is -0.310. The SMILES string of the molecule is CCN(CC1CN(CC(F)F)CCN1C(C)C)S(C)(=O)=O. The fourth-order valence-corrected chi connectivity index (χ4v) is 3.78. The fourth-order valence-electron chi connectivity index (χ4n) is 2.87. The lowest BCUT2D eigenvalue weighted by atomic mass is 10.1. The largest absolute Gasteiger partial charge is 0.295 e. The first kappa shape index (κ1) is 18.7. The number of halogens is 2. The maximum absolute atomic E-state index is 12.6. The second-order valence-electron chi connectivity index (χ2n) is 5.85. The molecule has 1 rings (SSSR count). The molecule has 1 atom stereocenters. The molecule has 1 unspecified atom stereocenters. The highest BCUT2D eigenvalue weighted by Crippen LogP contribution is 2.16. The van der Waals surface area contributed by atoms with Gasteiger partial charge in [-0.1, -0.05) is 6.92 Å². The number of nitrogens with zero attached hydrogens (tertiary/aromatic N) is 3. The van der Waals surface area contributed by atoms with Crippen LogP contribution in [0.3, 0.4) is 0 Å². The molecule has 1 saturated heterocycles. The van der Waals surface area contributed by atoms with Gasteiger partial charge in [-0.2, -0.15) is 0 Å². The standard InChI is InChI=1S/C13H27F2N3O2S/c1-5-17(21(4,19)20)9-12-8-16(10-13(14)15)6-7-18(12)11(2)3/h11-13H,5-10H2,1-4H3. The molecule has 1 aliphatic rings. The lowest BCUT2D eigenvalue weighted by molar-refractivity contribution is 0.0111. The highest BCUT2D eigenvalue weighted by Gasteiger charge is 2.32. The van der Waals surface area contributed by atoms with Crippen LogP contribution in [0.4, 0.5) is 8.78 Å². The van der Waals surface area contributed by atoms with Gasteiger partial charge < -0.3 is 0 Å². The summed E-state index contributed by atoms with van der Waals surface area (Å²) in [6.07, 6.45) is -1.16. The van der Waals surface area contributed by atoms with Crippen molar-refractivity contribution in [3.63, 3.8) is 0 Å². The molecule has 0 aliphatic carbocycles. The van der Waals surface area contributed by atoms with Crippen molar-refractivity contribution in [1.29, 1.82) is 0 Å². The van der Waals surface area contributed by atoms with Crippen LogP contribution in [0.5, 0.6) is 0 Å². The van der Waals surface area contributed by atoms with Gasteiger partial charge in [0.15, 0.2) is 0 Å². The van der Waals surface area contributed by atoms with Crippen LogP contribution in [0.15, 0.2) is 0 Å². The average Bonchev–Trinajstić information content (AvgIpc) is 2.33. The van der Waals surface area contributed by atoms with Crippen LogP contribution in [0.25, 0.3) is 0 Å². The minimum absolute atomic E-state index is 0.0489. The van der Waals surface area contributed by atoms with Crippen LogP contribution in [0.1, 0.15) is 20.8 Å². The molecule has 0 radical (unpaired) electrons. The molecule has 0 aromatic carbocycles. The summed E-state index contributed by atoms with van der Waals surface area (Å²) in [6, 6.07) is 0.217. The summed E-state index contributed by atoms with van der Waals surface area (Å²) in [4.78, 5) is 3.93. The van der Waals surface area contributed by atoms with Crippen molar-refractivity contribution in [2.45, 2.75) is 39.3 Å². The zero-order valence-corrected chi connectivity index (χ0v) is 14.1. The summed E-state index contributed by atoms with van der Waals surface area (Å²) in [5.41, 5.74) is 0. The van der Waals surface area contributed by atoms with Crippen molar-refractivity contribution in [2.24, 2.45) is 0 Å². The Bertz CT molecular complexity index is 418. The molecule has 0 amide bonds. The van der Waals surface area contributed by atoms with Crippen LogP contribution in [0, 0.1) is 0 Å². The van der Waals surface area contributed by atoms with Gasteiger partial charge in [0.05, 0.1) is 12.8 Å². The fraction of sp³-hybridized carbons (Fsp3) is 1.00. The minimum atomic E-state index is -3.26. The van der Waals surface area contributed by atoms with Crippen molar-refractivity contribution in [1.82, 2.24) is 14.1 Å². The van der Waals surface area contributed by atoms with Gasteiger partial charge in [-0.05, 0) is 13.8 Å². The number of rotatable bonds is 7. The minimum Gasteiger partial charge on any atom is -0.295 e. The molecule has 126 valence electrons. The average molecular weight is 327 g/mol. The zero-order chi connectivity index (χ0) is 16.2. The van der Waals surface area contributed by atoms with Crippen molar-refractivity contribution >= 4 is 10.0 Å². The Kier molecular flexibility index (Phi) is 6.96. The molecular formula is C13H27F2N3O2S. The zero-order valence-electron chi connectivity index (χ0n) is 13.3. The monoisotopic (exact) mass is 327 g/mol. The molecule has 0 aromatic heterocycles. The van der Waals surface area contributed by atoms with Crippen molar-refractivity contribution < 1.29 is 17.2 Å². The van der Waals surface area contributed by atoms with Crippen LogP contribution in [-0.2, 0) is 10.0 Å². The second-order valence-corrected chi connectivity index (χ2v) is 7.83. The molecule has 0 saturated carbocycles. The first-order chi connectivity index (χ1) is 9.65. The predicted molar refractivity (Wildman–Crippen MR) is 80.2 cm³/mol. The number of piperazine rings is 1. The van der Waals surface area contributed by atoms with Crippen LogP contribution in [0.2, 0.25) is 0 Å². The molecule has 0 N–H and O–H groups in total. The lowest BCUT2D eigenvalue weighted by Gasteiger charge is -2.44. The molecular weight excluding hydrogens is 300 g/mol. The third-order valence-corrected chi connectivity index (χ3v) is 5.25. The highest BCUT2D eigenvalue weighted by atomic mass is 32.2. The maximum atomic E-state index is 12.6. The van der Waals surface area contributed by atoms with E-state index in [1.165, 1.54) is 10.6 Å². The Morgan fingerprint density at radius 3 is 2.33 bits per heavy atom. The van der Waals surface area contributed by atoms with E-state index in [0.717, 1.165) is 0 Å². The van der Waals surface area contributed by atoms with E-state index < -0.39 is 16.4 Å². The van der Waals surface area contributed by atoms with E-state index in [1.807, 2.05) is 13.8 Å². The molecule has 0 aromatic rings. The maximum Gasteiger partial charge on any atom is 0.251 e. The Morgan fingerprint density at radius 2 is 1.90 bits per heavy atom. The predicted octanol–water partition coefficient (Wildman–Crippen LogP) is 0.928. The molecule has 1 aliphatic heterocycles. The van der Waals surface area contributed by atoms with Gasteiger partial charge in [0.25, 0.3) is 6.43 Å². The molecule has 0 spiro atoms. The summed E-state index contributed by atoms with van der Waals surface area (Å²) in [7, 11) is -3.26. The van der Waals surface area contributed by atoms with Gasteiger partial charge in [0.2, 0.25) is 10.0 Å². The third kappa shape index (κ3) is 5.77. The number of likely N-dealkylation sites (N-methyl/N-ethyl adjacent to an activating group) is 1. The summed E-state index contributed by atoms with van der Waals surface area (Å²) in [6.45, 7) is 8.17. The van der Waals surface area contributed by atoms with Crippen LogP contribution < -0.4 is 0 Å². The number of hydrogen-bond donors (Lipinski definition) is 0. The Labute approximate surface area is 126 Å². The molecule has 1 heterocycles. The van der Waals surface area contributed by atoms with E-state index in [1.54, 1.807) is 11.8 Å². The highest BCUT2D eigenvalue weighted by molar-refractivity contribution is 7.88. The summed E-state index contributed by atoms with van der Waals surface area (Å²) in [5, 5.41) is 0. The molecule has 8 heteroatoms. The first-order valence-corrected chi connectivity index (χ1v) is 9.21. The topological polar surface area (TPSA) is 43.9 Å². The van der Waals surface area contributed by atoms with E-state index in [2.05, 4.69) is 4.90 Å². The van der Waals surface area contributed by atoms with Gasteiger partial charge in [0.1, 0.15) is 0 Å². The smallest absolute Gasteiger partial charge is 0.251 e. The Balaban J connectivity index is 2.80. The van der Waals surface area contributed by atoms with Gasteiger partial charge in [-0.15, -0.1) is 0 Å². The van der Waals surface area contributed by atoms with Gasteiger partial charge >= 0.3 is 0 Å². The summed E-state index contributed by atoms with van der Waals surface area (Å²) in [5.74, 6) is 0. The number of alkyl halides is 2. The van der Waals surface area contributed by atoms with E-state index in [4.69, 9.17) is 0 Å². The van der Waals surface area contributed by atoms with Crippen molar-refractivity contribution in [3.05, 3.63) is 0 Å². The Morgan fingerprint density at radius 1 is 1.29 bits per heavy atom. The quantitative estimate of drug-likeness (QED) is 0.698. The molecule has 0 bridgehead atoms. The van der Waals surface area contributed by atoms with Gasteiger partial charge in [0, 0.05) is 44.8 Å². The number of hydrogen-bond acceptors (Lipinski definition) is 4. The van der Waals surface area contributed by atoms with E-state index in [9.17, 15) is 17.2 Å². The van der Waals surface area contributed by atoms with E-state index in [0.29, 0.717) is 32.7 Å². The summed E-state index contributed by atoms with van der Waals surface area (Å²) < 4.78 is 50.0. The van der Waals surface area contributed by atoms with E-state index >= 15 is 0 Å². The second kappa shape index (κ2) is 7.80. The molecule has 1 fully saturated rings. The van der Waals surface area contributed by atoms with Crippen LogP contribution in [-0.4, -0.2) is 86.6 Å².